The van der Waals surface area contributed by atoms with E-state index >= 15 is 0 Å². The Morgan fingerprint density at radius 2 is 2.00 bits per heavy atom. The highest BCUT2D eigenvalue weighted by Crippen LogP contribution is 2.23. The van der Waals surface area contributed by atoms with E-state index in [1.165, 1.54) is 23.9 Å². The number of hydrogen-bond acceptors (Lipinski definition) is 6. The van der Waals surface area contributed by atoms with Gasteiger partial charge >= 0.3 is 0 Å². The predicted octanol–water partition coefficient (Wildman–Crippen LogP) is 2.67. The lowest BCUT2D eigenvalue weighted by Crippen LogP contribution is -2.27. The second-order valence-corrected chi connectivity index (χ2v) is 6.23. The maximum Gasteiger partial charge on any atom is 0.251 e. The summed E-state index contributed by atoms with van der Waals surface area (Å²) in [4.78, 5) is 24.5. The van der Waals surface area contributed by atoms with E-state index in [0.29, 0.717) is 28.8 Å². The topological polar surface area (TPSA) is 99.2 Å². The molecule has 27 heavy (non-hydrogen) atoms. The zero-order valence-electron chi connectivity index (χ0n) is 15.3. The van der Waals surface area contributed by atoms with Crippen LogP contribution in [-0.4, -0.2) is 27.8 Å². The third-order valence-electron chi connectivity index (χ3n) is 3.86. The summed E-state index contributed by atoms with van der Waals surface area (Å²) in [5.74, 6) is 1.10. The number of rotatable bonds is 6. The Morgan fingerprint density at radius 1 is 1.22 bits per heavy atom. The van der Waals surface area contributed by atoms with Gasteiger partial charge in [0.1, 0.15) is 12.3 Å². The Bertz CT molecular complexity index is 1010. The van der Waals surface area contributed by atoms with Gasteiger partial charge in [-0.1, -0.05) is 26.0 Å². The number of hydrogen-bond donors (Lipinski definition) is 1. The van der Waals surface area contributed by atoms with E-state index in [-0.39, 0.29) is 23.9 Å². The van der Waals surface area contributed by atoms with E-state index in [1.807, 2.05) is 13.8 Å². The SMILES string of the molecule is COc1ccccc1NC(=O)Cn1cc(-c2nnc(C(C)C)o2)ccc1=O. The molecule has 0 fully saturated rings. The molecule has 2 aromatic heterocycles. The first kappa shape index (κ1) is 18.4. The molecule has 1 N–H and O–H groups in total. The number of aromatic nitrogens is 3. The molecule has 2 heterocycles. The Hall–Kier alpha value is -3.42. The van der Waals surface area contributed by atoms with Crippen molar-refractivity contribution in [1.82, 2.24) is 14.8 Å². The number of nitrogens with zero attached hydrogens (tertiary/aromatic N) is 3. The maximum atomic E-state index is 12.4. The first-order valence-corrected chi connectivity index (χ1v) is 8.45. The highest BCUT2D eigenvalue weighted by molar-refractivity contribution is 5.92. The van der Waals surface area contributed by atoms with Crippen LogP contribution >= 0.6 is 0 Å². The molecule has 0 aliphatic rings. The number of carbonyl (C=O) groups excluding carboxylic acids is 1. The summed E-state index contributed by atoms with van der Waals surface area (Å²) in [6.07, 6.45) is 1.53. The molecular weight excluding hydrogens is 348 g/mol. The number of pyridine rings is 1. The van der Waals surface area contributed by atoms with Gasteiger partial charge in [-0.3, -0.25) is 9.59 Å². The van der Waals surface area contributed by atoms with Gasteiger partial charge in [-0.05, 0) is 18.2 Å². The molecule has 0 unspecified atom stereocenters. The van der Waals surface area contributed by atoms with E-state index in [0.717, 1.165) is 0 Å². The van der Waals surface area contributed by atoms with Crippen LogP contribution in [0.15, 0.2) is 51.8 Å². The van der Waals surface area contributed by atoms with Gasteiger partial charge in [-0.25, -0.2) is 0 Å². The third kappa shape index (κ3) is 4.22. The van der Waals surface area contributed by atoms with Crippen LogP contribution in [0, 0.1) is 0 Å². The Balaban J connectivity index is 1.80. The molecule has 0 saturated heterocycles. The second kappa shape index (κ2) is 7.86. The van der Waals surface area contributed by atoms with Crippen LogP contribution in [0.5, 0.6) is 5.75 Å². The molecule has 8 nitrogen and oxygen atoms in total. The number of ether oxygens (including phenoxy) is 1. The molecule has 1 amide bonds. The standard InChI is InChI=1S/C19H20N4O4/c1-12(2)18-21-22-19(27-18)13-8-9-17(25)23(10-13)11-16(24)20-14-6-4-5-7-15(14)26-3/h4-10,12H,11H2,1-3H3,(H,20,24). The lowest BCUT2D eigenvalue weighted by atomic mass is 10.2. The average Bonchev–Trinajstić information content (AvgIpc) is 3.14. The smallest absolute Gasteiger partial charge is 0.251 e. The van der Waals surface area contributed by atoms with Crippen molar-refractivity contribution in [1.29, 1.82) is 0 Å². The molecule has 8 heteroatoms. The monoisotopic (exact) mass is 368 g/mol. The lowest BCUT2D eigenvalue weighted by molar-refractivity contribution is -0.116. The molecule has 0 aliphatic carbocycles. The molecule has 0 saturated carbocycles. The number of carbonyl (C=O) groups is 1. The van der Waals surface area contributed by atoms with Crippen LogP contribution < -0.4 is 15.6 Å². The molecular formula is C19H20N4O4. The van der Waals surface area contributed by atoms with Crippen molar-refractivity contribution in [2.45, 2.75) is 26.3 Å². The van der Waals surface area contributed by atoms with Crippen molar-refractivity contribution in [3.05, 3.63) is 58.8 Å². The van der Waals surface area contributed by atoms with E-state index in [1.54, 1.807) is 30.3 Å². The summed E-state index contributed by atoms with van der Waals surface area (Å²) in [6.45, 7) is 3.73. The minimum atomic E-state index is -0.354. The van der Waals surface area contributed by atoms with Crippen LogP contribution in [0.3, 0.4) is 0 Å². The van der Waals surface area contributed by atoms with Crippen molar-refractivity contribution in [2.75, 3.05) is 12.4 Å². The minimum Gasteiger partial charge on any atom is -0.495 e. The largest absolute Gasteiger partial charge is 0.495 e. The zero-order chi connectivity index (χ0) is 19.4. The summed E-state index contributed by atoms with van der Waals surface area (Å²) in [5.41, 5.74) is 0.796. The van der Waals surface area contributed by atoms with Crippen LogP contribution in [0.2, 0.25) is 0 Å². The normalized spacial score (nSPS) is 10.8. The number of anilines is 1. The molecule has 0 radical (unpaired) electrons. The predicted molar refractivity (Wildman–Crippen MR) is 99.7 cm³/mol. The summed E-state index contributed by atoms with van der Waals surface area (Å²) in [7, 11) is 1.52. The van der Waals surface area contributed by atoms with E-state index in [4.69, 9.17) is 9.15 Å². The van der Waals surface area contributed by atoms with Gasteiger partial charge in [0.2, 0.25) is 17.7 Å². The number of para-hydroxylation sites is 2. The fourth-order valence-corrected chi connectivity index (χ4v) is 2.46. The summed E-state index contributed by atoms with van der Waals surface area (Å²) >= 11 is 0. The van der Waals surface area contributed by atoms with E-state index < -0.39 is 0 Å². The Morgan fingerprint density at radius 3 is 2.70 bits per heavy atom. The van der Waals surface area contributed by atoms with Crippen molar-refractivity contribution in [3.63, 3.8) is 0 Å². The highest BCUT2D eigenvalue weighted by atomic mass is 16.5. The van der Waals surface area contributed by atoms with Crippen LogP contribution in [-0.2, 0) is 11.3 Å². The minimum absolute atomic E-state index is 0.101. The van der Waals surface area contributed by atoms with Crippen LogP contribution in [0.4, 0.5) is 5.69 Å². The first-order chi connectivity index (χ1) is 13.0. The lowest BCUT2D eigenvalue weighted by Gasteiger charge is -2.11. The summed E-state index contributed by atoms with van der Waals surface area (Å²) < 4.78 is 12.1. The van der Waals surface area contributed by atoms with Gasteiger partial charge in [-0.2, -0.15) is 0 Å². The number of nitrogens with one attached hydrogen (secondary N) is 1. The maximum absolute atomic E-state index is 12.4. The average molecular weight is 368 g/mol. The van der Waals surface area contributed by atoms with E-state index in [2.05, 4.69) is 15.5 Å². The van der Waals surface area contributed by atoms with Gasteiger partial charge < -0.3 is 19.0 Å². The molecule has 3 rings (SSSR count). The van der Waals surface area contributed by atoms with Crippen molar-refractivity contribution in [2.24, 2.45) is 0 Å². The number of methoxy groups -OCH3 is 1. The van der Waals surface area contributed by atoms with Crippen molar-refractivity contribution >= 4 is 11.6 Å². The Kier molecular flexibility index (Phi) is 5.35. The zero-order valence-corrected chi connectivity index (χ0v) is 15.3. The highest BCUT2D eigenvalue weighted by Gasteiger charge is 2.14. The van der Waals surface area contributed by atoms with Gasteiger partial charge in [0.15, 0.2) is 0 Å². The van der Waals surface area contributed by atoms with Gasteiger partial charge in [0.25, 0.3) is 5.56 Å². The second-order valence-electron chi connectivity index (χ2n) is 6.23. The summed E-state index contributed by atoms with van der Waals surface area (Å²) in [5, 5.41) is 10.7. The third-order valence-corrected chi connectivity index (χ3v) is 3.86. The molecule has 0 bridgehead atoms. The molecule has 3 aromatic rings. The van der Waals surface area contributed by atoms with Crippen molar-refractivity contribution < 1.29 is 13.9 Å². The van der Waals surface area contributed by atoms with Gasteiger partial charge in [-0.15, -0.1) is 10.2 Å². The van der Waals surface area contributed by atoms with Gasteiger partial charge in [0.05, 0.1) is 18.4 Å². The number of benzene rings is 1. The van der Waals surface area contributed by atoms with Gasteiger partial charge in [0, 0.05) is 18.2 Å². The van der Waals surface area contributed by atoms with Crippen molar-refractivity contribution in [3.8, 4) is 17.2 Å². The number of amides is 1. The fraction of sp³-hybridized carbons (Fsp3) is 0.263. The fourth-order valence-electron chi connectivity index (χ4n) is 2.46. The van der Waals surface area contributed by atoms with Crippen LogP contribution in [0.1, 0.15) is 25.7 Å². The molecule has 0 aliphatic heterocycles. The summed E-state index contributed by atoms with van der Waals surface area (Å²) in [6, 6.07) is 10.0. The van der Waals surface area contributed by atoms with Crippen LogP contribution in [0.25, 0.3) is 11.5 Å². The quantitative estimate of drug-likeness (QED) is 0.718. The molecule has 140 valence electrons. The van der Waals surface area contributed by atoms with E-state index in [9.17, 15) is 9.59 Å². The first-order valence-electron chi connectivity index (χ1n) is 8.45. The molecule has 0 spiro atoms. The molecule has 0 atom stereocenters. The molecule has 1 aromatic carbocycles. The Labute approximate surface area is 155 Å².